The molecule has 1 heterocycles. The van der Waals surface area contributed by atoms with Crippen LogP contribution < -0.4 is 10.1 Å². The van der Waals surface area contributed by atoms with Crippen LogP contribution in [0, 0.1) is 0 Å². The van der Waals surface area contributed by atoms with Crippen molar-refractivity contribution in [2.24, 2.45) is 0 Å². The number of ether oxygens (including phenoxy) is 1. The van der Waals surface area contributed by atoms with Gasteiger partial charge in [-0.3, -0.25) is 0 Å². The van der Waals surface area contributed by atoms with Gasteiger partial charge in [0.1, 0.15) is 5.75 Å². The van der Waals surface area contributed by atoms with E-state index in [2.05, 4.69) is 49.1 Å². The van der Waals surface area contributed by atoms with Gasteiger partial charge in [-0.1, -0.05) is 13.0 Å². The van der Waals surface area contributed by atoms with Gasteiger partial charge in [-0.15, -0.1) is 0 Å². The Morgan fingerprint density at radius 2 is 2.32 bits per heavy atom. The van der Waals surface area contributed by atoms with Crippen molar-refractivity contribution >= 4 is 27.7 Å². The van der Waals surface area contributed by atoms with E-state index in [1.54, 1.807) is 7.11 Å². The van der Waals surface area contributed by atoms with E-state index in [1.807, 2.05) is 12.3 Å². The molecule has 0 aliphatic rings. The average Bonchev–Trinajstić information content (AvgIpc) is 2.92. The van der Waals surface area contributed by atoms with Gasteiger partial charge in [0.25, 0.3) is 0 Å². The predicted molar refractivity (Wildman–Crippen MR) is 80.7 cm³/mol. The van der Waals surface area contributed by atoms with Gasteiger partial charge in [-0.25, -0.2) is 0 Å². The van der Waals surface area contributed by atoms with Crippen LogP contribution >= 0.6 is 27.7 Å². The molecule has 102 valence electrons. The molecule has 19 heavy (non-hydrogen) atoms. The minimum Gasteiger partial charge on any atom is -0.496 e. The number of hydrogen-bond acceptors (Lipinski definition) is 5. The third-order valence-electron chi connectivity index (χ3n) is 2.84. The maximum Gasteiger partial charge on any atom is 0.133 e. The Morgan fingerprint density at radius 1 is 1.47 bits per heavy atom. The van der Waals surface area contributed by atoms with E-state index >= 15 is 0 Å². The smallest absolute Gasteiger partial charge is 0.133 e. The highest BCUT2D eigenvalue weighted by atomic mass is 79.9. The highest BCUT2D eigenvalue weighted by Gasteiger charge is 2.14. The second kappa shape index (κ2) is 6.98. The molecule has 2 aromatic rings. The van der Waals surface area contributed by atoms with Crippen LogP contribution in [0.1, 0.15) is 24.2 Å². The van der Waals surface area contributed by atoms with Crippen molar-refractivity contribution < 1.29 is 4.74 Å². The van der Waals surface area contributed by atoms with Crippen molar-refractivity contribution in [1.82, 2.24) is 14.1 Å². The number of halogens is 1. The fourth-order valence-electron chi connectivity index (χ4n) is 1.93. The molecular formula is C13H16BrN3OS. The summed E-state index contributed by atoms with van der Waals surface area (Å²) < 4.78 is 14.6. The number of nitrogens with one attached hydrogen (secondary N) is 1. The SMILES string of the molecule is CCNC(Cc1ccc(OC)c(Br)c1)c1cnsn1. The Morgan fingerprint density at radius 3 is 2.89 bits per heavy atom. The van der Waals surface area contributed by atoms with Crippen molar-refractivity contribution in [3.8, 4) is 5.75 Å². The summed E-state index contributed by atoms with van der Waals surface area (Å²) in [6.07, 6.45) is 2.71. The van der Waals surface area contributed by atoms with Gasteiger partial charge in [-0.05, 0) is 46.6 Å². The number of nitrogens with zero attached hydrogens (tertiary/aromatic N) is 2. The normalized spacial score (nSPS) is 12.4. The molecule has 0 spiro atoms. The molecule has 2 rings (SSSR count). The molecule has 1 aromatic heterocycles. The summed E-state index contributed by atoms with van der Waals surface area (Å²) in [5, 5.41) is 3.44. The second-order valence-electron chi connectivity index (χ2n) is 4.12. The summed E-state index contributed by atoms with van der Waals surface area (Å²) in [5.74, 6) is 0.846. The number of aromatic nitrogens is 2. The van der Waals surface area contributed by atoms with Crippen LogP contribution in [0.15, 0.2) is 28.9 Å². The molecule has 0 saturated carbocycles. The standard InChI is InChI=1S/C13H16BrN3OS/c1-3-15-11(12-8-16-19-17-12)7-9-4-5-13(18-2)10(14)6-9/h4-6,8,11,15H,3,7H2,1-2H3. The van der Waals surface area contributed by atoms with Gasteiger partial charge >= 0.3 is 0 Å². The van der Waals surface area contributed by atoms with E-state index in [1.165, 1.54) is 17.3 Å². The first-order valence-corrected chi connectivity index (χ1v) is 7.60. The molecule has 1 aromatic carbocycles. The molecule has 0 saturated heterocycles. The van der Waals surface area contributed by atoms with Gasteiger partial charge in [0.15, 0.2) is 0 Å². The maximum atomic E-state index is 5.24. The lowest BCUT2D eigenvalue weighted by Gasteiger charge is -2.16. The van der Waals surface area contributed by atoms with E-state index in [9.17, 15) is 0 Å². The van der Waals surface area contributed by atoms with E-state index in [0.29, 0.717) is 0 Å². The quantitative estimate of drug-likeness (QED) is 0.876. The monoisotopic (exact) mass is 341 g/mol. The van der Waals surface area contributed by atoms with Crippen molar-refractivity contribution in [3.05, 3.63) is 40.1 Å². The van der Waals surface area contributed by atoms with Crippen LogP contribution in [-0.4, -0.2) is 22.4 Å². The molecule has 6 heteroatoms. The van der Waals surface area contributed by atoms with Crippen molar-refractivity contribution in [2.75, 3.05) is 13.7 Å². The van der Waals surface area contributed by atoms with Gasteiger partial charge in [0, 0.05) is 0 Å². The van der Waals surface area contributed by atoms with Crippen molar-refractivity contribution in [1.29, 1.82) is 0 Å². The van der Waals surface area contributed by atoms with Crippen LogP contribution in [0.2, 0.25) is 0 Å². The molecule has 0 aliphatic heterocycles. The van der Waals surface area contributed by atoms with E-state index in [0.717, 1.165) is 28.9 Å². The number of methoxy groups -OCH3 is 1. The zero-order valence-corrected chi connectivity index (χ0v) is 13.3. The van der Waals surface area contributed by atoms with Crippen LogP contribution in [0.5, 0.6) is 5.75 Å². The van der Waals surface area contributed by atoms with Crippen LogP contribution in [0.3, 0.4) is 0 Å². The summed E-state index contributed by atoms with van der Waals surface area (Å²) in [6.45, 7) is 3.00. The van der Waals surface area contributed by atoms with Gasteiger partial charge in [0.2, 0.25) is 0 Å². The Hall–Kier alpha value is -0.980. The number of hydrogen-bond donors (Lipinski definition) is 1. The lowest BCUT2D eigenvalue weighted by molar-refractivity contribution is 0.412. The largest absolute Gasteiger partial charge is 0.496 e. The van der Waals surface area contributed by atoms with Crippen LogP contribution in [0.25, 0.3) is 0 Å². The number of benzene rings is 1. The summed E-state index contributed by atoms with van der Waals surface area (Å²) >= 11 is 4.76. The van der Waals surface area contributed by atoms with Gasteiger partial charge in [-0.2, -0.15) is 8.75 Å². The molecule has 1 unspecified atom stereocenters. The topological polar surface area (TPSA) is 47.0 Å². The first-order chi connectivity index (χ1) is 9.24. The molecule has 0 radical (unpaired) electrons. The second-order valence-corrected chi connectivity index (χ2v) is 5.53. The molecule has 0 aliphatic carbocycles. The lowest BCUT2D eigenvalue weighted by Crippen LogP contribution is -2.23. The lowest BCUT2D eigenvalue weighted by atomic mass is 10.0. The Bertz CT molecular complexity index is 519. The minimum atomic E-state index is 0.198. The predicted octanol–water partition coefficient (Wildman–Crippen LogP) is 3.20. The summed E-state index contributed by atoms with van der Waals surface area (Å²) in [7, 11) is 1.67. The molecule has 0 bridgehead atoms. The van der Waals surface area contributed by atoms with Crippen molar-refractivity contribution in [3.63, 3.8) is 0 Å². The maximum absolute atomic E-state index is 5.24. The number of rotatable bonds is 6. The minimum absolute atomic E-state index is 0.198. The third kappa shape index (κ3) is 3.75. The molecule has 4 nitrogen and oxygen atoms in total. The Balaban J connectivity index is 2.15. The van der Waals surface area contributed by atoms with Crippen LogP contribution in [0.4, 0.5) is 0 Å². The fourth-order valence-corrected chi connectivity index (χ4v) is 2.98. The summed E-state index contributed by atoms with van der Waals surface area (Å²) in [6, 6.07) is 6.34. The average molecular weight is 342 g/mol. The molecule has 1 atom stereocenters. The molecule has 0 fully saturated rings. The van der Waals surface area contributed by atoms with Crippen molar-refractivity contribution in [2.45, 2.75) is 19.4 Å². The third-order valence-corrected chi connectivity index (χ3v) is 3.95. The summed E-state index contributed by atoms with van der Waals surface area (Å²) in [4.78, 5) is 0. The first-order valence-electron chi connectivity index (χ1n) is 6.07. The molecule has 0 amide bonds. The van der Waals surface area contributed by atoms with Crippen LogP contribution in [-0.2, 0) is 6.42 Å². The van der Waals surface area contributed by atoms with E-state index in [4.69, 9.17) is 4.74 Å². The van der Waals surface area contributed by atoms with E-state index in [-0.39, 0.29) is 6.04 Å². The molecule has 1 N–H and O–H groups in total. The van der Waals surface area contributed by atoms with E-state index < -0.39 is 0 Å². The Kier molecular flexibility index (Phi) is 5.30. The van der Waals surface area contributed by atoms with Gasteiger partial charge in [0.05, 0.1) is 41.2 Å². The highest BCUT2D eigenvalue weighted by Crippen LogP contribution is 2.27. The zero-order valence-electron chi connectivity index (χ0n) is 10.9. The molecular weight excluding hydrogens is 326 g/mol. The zero-order chi connectivity index (χ0) is 13.7. The summed E-state index contributed by atoms with van der Waals surface area (Å²) in [5.41, 5.74) is 2.23. The van der Waals surface area contributed by atoms with Gasteiger partial charge < -0.3 is 10.1 Å². The fraction of sp³-hybridized carbons (Fsp3) is 0.385. The highest BCUT2D eigenvalue weighted by molar-refractivity contribution is 9.10. The Labute approximate surface area is 125 Å². The number of likely N-dealkylation sites (N-methyl/N-ethyl adjacent to an activating group) is 1. The first kappa shape index (κ1) is 14.4.